The molecule has 0 amide bonds. The molecule has 1 nitrogen and oxygen atoms in total. The number of nitrogens with zero attached hydrogens (tertiary/aromatic N) is 1. The molecule has 0 saturated heterocycles. The third-order valence-corrected chi connectivity index (χ3v) is 10.5. The monoisotopic (exact) mass is 627 g/mol. The van der Waals surface area contributed by atoms with Crippen molar-refractivity contribution in [2.75, 3.05) is 4.90 Å². The molecule has 1 aliphatic carbocycles. The summed E-state index contributed by atoms with van der Waals surface area (Å²) >= 11 is 0. The van der Waals surface area contributed by atoms with Crippen LogP contribution in [-0.4, -0.2) is 0 Å². The largest absolute Gasteiger partial charge is 0.337 e. The van der Waals surface area contributed by atoms with Crippen LogP contribution in [0.4, 0.5) is 11.4 Å². The van der Waals surface area contributed by atoms with E-state index in [2.05, 4.69) is 195 Å². The van der Waals surface area contributed by atoms with Gasteiger partial charge in [-0.05, 0) is 114 Å². The molecule has 0 spiro atoms. The zero-order valence-corrected chi connectivity index (χ0v) is 27.9. The standard InChI is InChI=1S/C48H37N/c1-48(2)44-28-15-14-25-38(44)41-30-42-43(31-45(41)48)47(40-27-13-12-26-39(40)46(42)34-18-6-3-7-19-34)35-20-16-17-33(29-35)32-49(36-21-8-4-9-22-36)37-23-10-5-11-24-37/h3-31H,32H2,1-2H3. The van der Waals surface area contributed by atoms with E-state index in [0.717, 1.165) is 6.54 Å². The highest BCUT2D eigenvalue weighted by Crippen LogP contribution is 2.53. The molecule has 8 aromatic carbocycles. The first kappa shape index (κ1) is 29.2. The smallest absolute Gasteiger partial charge is 0.0481 e. The minimum atomic E-state index is -0.0936. The van der Waals surface area contributed by atoms with Crippen molar-refractivity contribution in [2.24, 2.45) is 0 Å². The first-order valence-corrected chi connectivity index (χ1v) is 17.2. The van der Waals surface area contributed by atoms with Crippen molar-refractivity contribution in [3.05, 3.63) is 193 Å². The highest BCUT2D eigenvalue weighted by molar-refractivity contribution is 6.22. The molecule has 1 aliphatic rings. The van der Waals surface area contributed by atoms with E-state index in [1.165, 1.54) is 83.0 Å². The zero-order chi connectivity index (χ0) is 33.0. The van der Waals surface area contributed by atoms with Crippen molar-refractivity contribution in [1.29, 1.82) is 0 Å². The van der Waals surface area contributed by atoms with Gasteiger partial charge in [-0.1, -0.05) is 147 Å². The summed E-state index contributed by atoms with van der Waals surface area (Å²) < 4.78 is 0. The summed E-state index contributed by atoms with van der Waals surface area (Å²) in [7, 11) is 0. The van der Waals surface area contributed by atoms with E-state index in [-0.39, 0.29) is 5.41 Å². The Labute approximate surface area is 288 Å². The lowest BCUT2D eigenvalue weighted by Crippen LogP contribution is -2.16. The topological polar surface area (TPSA) is 3.24 Å². The number of hydrogen-bond donors (Lipinski definition) is 0. The van der Waals surface area contributed by atoms with Gasteiger partial charge in [0.05, 0.1) is 0 Å². The number of rotatable bonds is 6. The van der Waals surface area contributed by atoms with Crippen molar-refractivity contribution in [3.8, 4) is 33.4 Å². The average molecular weight is 628 g/mol. The summed E-state index contributed by atoms with van der Waals surface area (Å²) in [6, 6.07) is 64.5. The van der Waals surface area contributed by atoms with Gasteiger partial charge in [0.15, 0.2) is 0 Å². The van der Waals surface area contributed by atoms with E-state index in [9.17, 15) is 0 Å². The Kier molecular flexibility index (Phi) is 6.95. The Balaban J connectivity index is 1.30. The van der Waals surface area contributed by atoms with E-state index in [4.69, 9.17) is 0 Å². The van der Waals surface area contributed by atoms with Gasteiger partial charge in [-0.3, -0.25) is 0 Å². The van der Waals surface area contributed by atoms with Gasteiger partial charge in [-0.2, -0.15) is 0 Å². The minimum absolute atomic E-state index is 0.0936. The van der Waals surface area contributed by atoms with Gasteiger partial charge in [0.25, 0.3) is 0 Å². The fraction of sp³-hybridized carbons (Fsp3) is 0.0833. The van der Waals surface area contributed by atoms with Crippen molar-refractivity contribution in [2.45, 2.75) is 25.8 Å². The second kappa shape index (κ2) is 11.6. The van der Waals surface area contributed by atoms with Gasteiger partial charge in [0, 0.05) is 23.3 Å². The summed E-state index contributed by atoms with van der Waals surface area (Å²) in [6.07, 6.45) is 0. The number of para-hydroxylation sites is 2. The maximum atomic E-state index is 2.52. The molecular formula is C48H37N. The van der Waals surface area contributed by atoms with Crippen LogP contribution in [0.1, 0.15) is 30.5 Å². The quantitative estimate of drug-likeness (QED) is 0.166. The van der Waals surface area contributed by atoms with Gasteiger partial charge < -0.3 is 4.90 Å². The molecule has 0 saturated carbocycles. The van der Waals surface area contributed by atoms with Crippen LogP contribution in [0.25, 0.3) is 54.9 Å². The Hall–Kier alpha value is -5.92. The molecule has 0 aliphatic heterocycles. The molecule has 0 heterocycles. The van der Waals surface area contributed by atoms with Crippen LogP contribution in [-0.2, 0) is 12.0 Å². The normalized spacial score (nSPS) is 12.9. The van der Waals surface area contributed by atoms with E-state index >= 15 is 0 Å². The van der Waals surface area contributed by atoms with Gasteiger partial charge in [0.1, 0.15) is 0 Å². The molecule has 0 fully saturated rings. The predicted octanol–water partition coefficient (Wildman–Crippen LogP) is 13.0. The fourth-order valence-electron chi connectivity index (χ4n) is 8.15. The average Bonchev–Trinajstić information content (AvgIpc) is 3.38. The van der Waals surface area contributed by atoms with Crippen LogP contribution >= 0.6 is 0 Å². The van der Waals surface area contributed by atoms with Crippen LogP contribution in [0.5, 0.6) is 0 Å². The second-order valence-electron chi connectivity index (χ2n) is 13.7. The van der Waals surface area contributed by atoms with Crippen LogP contribution < -0.4 is 4.90 Å². The Bertz CT molecular complexity index is 2440. The van der Waals surface area contributed by atoms with Gasteiger partial charge >= 0.3 is 0 Å². The third kappa shape index (κ3) is 4.85. The Morgan fingerprint density at radius 3 is 1.61 bits per heavy atom. The molecule has 0 N–H and O–H groups in total. The van der Waals surface area contributed by atoms with Crippen molar-refractivity contribution in [3.63, 3.8) is 0 Å². The predicted molar refractivity (Wildman–Crippen MR) is 209 cm³/mol. The third-order valence-electron chi connectivity index (χ3n) is 10.5. The molecule has 1 heteroatoms. The van der Waals surface area contributed by atoms with Crippen molar-refractivity contribution < 1.29 is 0 Å². The number of anilines is 2. The van der Waals surface area contributed by atoms with Crippen LogP contribution in [0.3, 0.4) is 0 Å². The molecule has 234 valence electrons. The molecular weight excluding hydrogens is 591 g/mol. The summed E-state index contributed by atoms with van der Waals surface area (Å²) in [6.45, 7) is 5.52. The first-order valence-electron chi connectivity index (χ1n) is 17.2. The fourth-order valence-corrected chi connectivity index (χ4v) is 8.15. The first-order chi connectivity index (χ1) is 24.1. The lowest BCUT2D eigenvalue weighted by molar-refractivity contribution is 0.661. The van der Waals surface area contributed by atoms with E-state index < -0.39 is 0 Å². The van der Waals surface area contributed by atoms with E-state index in [1.807, 2.05) is 0 Å². The van der Waals surface area contributed by atoms with Crippen LogP contribution in [0, 0.1) is 0 Å². The zero-order valence-electron chi connectivity index (χ0n) is 27.9. The van der Waals surface area contributed by atoms with Crippen LogP contribution in [0.15, 0.2) is 176 Å². The van der Waals surface area contributed by atoms with Gasteiger partial charge in [-0.25, -0.2) is 0 Å². The maximum absolute atomic E-state index is 2.52. The Morgan fingerprint density at radius 2 is 0.939 bits per heavy atom. The minimum Gasteiger partial charge on any atom is -0.337 e. The number of hydrogen-bond acceptors (Lipinski definition) is 1. The molecule has 0 atom stereocenters. The van der Waals surface area contributed by atoms with Crippen molar-refractivity contribution in [1.82, 2.24) is 0 Å². The summed E-state index contributed by atoms with van der Waals surface area (Å²) in [5.41, 5.74) is 14.1. The number of benzene rings is 8. The lowest BCUT2D eigenvalue weighted by Gasteiger charge is -2.26. The summed E-state index contributed by atoms with van der Waals surface area (Å²) in [5, 5.41) is 5.16. The van der Waals surface area contributed by atoms with Gasteiger partial charge in [-0.15, -0.1) is 0 Å². The number of fused-ring (bicyclic) bond motifs is 5. The molecule has 0 bridgehead atoms. The second-order valence-corrected chi connectivity index (χ2v) is 13.7. The molecule has 9 rings (SSSR count). The SMILES string of the molecule is CC1(C)c2ccccc2-c2cc3c(-c4ccccc4)c4ccccc4c(-c4cccc(CN(c5ccccc5)c5ccccc5)c4)c3cc21. The van der Waals surface area contributed by atoms with Crippen molar-refractivity contribution >= 4 is 32.9 Å². The molecule has 0 unspecified atom stereocenters. The molecule has 49 heavy (non-hydrogen) atoms. The van der Waals surface area contributed by atoms with E-state index in [1.54, 1.807) is 0 Å². The summed E-state index contributed by atoms with van der Waals surface area (Å²) in [4.78, 5) is 2.40. The molecule has 0 radical (unpaired) electrons. The summed E-state index contributed by atoms with van der Waals surface area (Å²) in [5.74, 6) is 0. The molecule has 8 aromatic rings. The Morgan fingerprint density at radius 1 is 0.408 bits per heavy atom. The maximum Gasteiger partial charge on any atom is 0.0481 e. The van der Waals surface area contributed by atoms with Gasteiger partial charge in [0.2, 0.25) is 0 Å². The van der Waals surface area contributed by atoms with Crippen LogP contribution in [0.2, 0.25) is 0 Å². The van der Waals surface area contributed by atoms with E-state index in [0.29, 0.717) is 0 Å². The lowest BCUT2D eigenvalue weighted by atomic mass is 9.79. The highest BCUT2D eigenvalue weighted by atomic mass is 15.1. The highest BCUT2D eigenvalue weighted by Gasteiger charge is 2.36. The molecule has 0 aromatic heterocycles.